The molecule has 4 N–H and O–H groups in total. The van der Waals surface area contributed by atoms with Crippen LogP contribution < -0.4 is 27.4 Å². The fourth-order valence-corrected chi connectivity index (χ4v) is 4.74. The maximum Gasteiger partial charge on any atom is 0.0320 e. The molecule has 3 rings (SSSR count). The predicted molar refractivity (Wildman–Crippen MR) is 108 cm³/mol. The molecule has 3 aromatic carbocycles. The normalized spacial score (nSPS) is 9.78. The van der Waals surface area contributed by atoms with Crippen molar-refractivity contribution in [2.24, 2.45) is 0 Å². The van der Waals surface area contributed by atoms with E-state index in [1.54, 1.807) is 0 Å². The number of nitrogens with two attached hydrogens (primary N) is 2. The van der Waals surface area contributed by atoms with E-state index in [0.29, 0.717) is 0 Å². The molecular weight excluding hydrogens is 346 g/mol. The zero-order valence-corrected chi connectivity index (χ0v) is 15.0. The van der Waals surface area contributed by atoms with Crippen LogP contribution in [-0.2, 0) is 0 Å². The average molecular weight is 365 g/mol. The van der Waals surface area contributed by atoms with E-state index in [0.717, 1.165) is 11.4 Å². The van der Waals surface area contributed by atoms with Gasteiger partial charge < -0.3 is 11.5 Å². The van der Waals surface area contributed by atoms with Crippen LogP contribution in [0.5, 0.6) is 0 Å². The summed E-state index contributed by atoms with van der Waals surface area (Å²) in [5.74, 6) is 0. The molecule has 0 bridgehead atoms. The highest BCUT2D eigenvalue weighted by atomic mass is 35.5. The van der Waals surface area contributed by atoms with E-state index in [1.807, 2.05) is 30.3 Å². The highest BCUT2D eigenvalue weighted by Gasteiger charge is 2.16. The van der Waals surface area contributed by atoms with Crippen molar-refractivity contribution in [1.82, 2.24) is 0 Å². The van der Waals surface area contributed by atoms with Crippen molar-refractivity contribution in [3.8, 4) is 0 Å². The van der Waals surface area contributed by atoms with Crippen LogP contribution in [0.3, 0.4) is 0 Å². The molecule has 0 aliphatic heterocycles. The summed E-state index contributed by atoms with van der Waals surface area (Å²) in [5.41, 5.74) is 13.5. The second kappa shape index (κ2) is 8.79. The monoisotopic (exact) mass is 364 g/mol. The lowest BCUT2D eigenvalue weighted by atomic mass is 10.3. The molecule has 0 unspecified atom stereocenters. The molecule has 0 heterocycles. The van der Waals surface area contributed by atoms with Crippen LogP contribution in [0.2, 0.25) is 0 Å². The Bertz CT molecular complexity index is 705. The highest BCUT2D eigenvalue weighted by Crippen LogP contribution is 2.33. The van der Waals surface area contributed by atoms with Crippen LogP contribution in [0.1, 0.15) is 0 Å². The average Bonchev–Trinajstić information content (AvgIpc) is 2.49. The molecule has 23 heavy (non-hydrogen) atoms. The van der Waals surface area contributed by atoms with Gasteiger partial charge in [-0.1, -0.05) is 54.6 Å². The van der Waals surface area contributed by atoms with Gasteiger partial charge in [-0.15, -0.1) is 24.8 Å². The summed E-state index contributed by atoms with van der Waals surface area (Å²) in [4.78, 5) is 0. The van der Waals surface area contributed by atoms with E-state index in [2.05, 4.69) is 48.5 Å². The maximum absolute atomic E-state index is 5.97. The molecule has 0 aliphatic rings. The van der Waals surface area contributed by atoms with E-state index in [-0.39, 0.29) is 24.8 Å². The van der Waals surface area contributed by atoms with Gasteiger partial charge >= 0.3 is 0 Å². The molecule has 0 atom stereocenters. The van der Waals surface area contributed by atoms with E-state index in [1.165, 1.54) is 15.9 Å². The molecular formula is C18H19Cl2N2P. The molecule has 0 aromatic heterocycles. The molecule has 0 saturated carbocycles. The van der Waals surface area contributed by atoms with Crippen molar-refractivity contribution in [3.05, 3.63) is 78.9 Å². The first-order valence-corrected chi connectivity index (χ1v) is 8.14. The molecule has 120 valence electrons. The lowest BCUT2D eigenvalue weighted by Crippen LogP contribution is -2.21. The number of anilines is 2. The van der Waals surface area contributed by atoms with Crippen molar-refractivity contribution in [3.63, 3.8) is 0 Å². The first-order valence-electron chi connectivity index (χ1n) is 6.80. The SMILES string of the molecule is Cl.Cl.Nc1cccc(P(c2ccccc2)c2cccc(N)c2)c1. The van der Waals surface area contributed by atoms with Crippen LogP contribution in [0.4, 0.5) is 11.4 Å². The summed E-state index contributed by atoms with van der Waals surface area (Å²) in [5, 5.41) is 3.77. The number of rotatable bonds is 3. The second-order valence-electron chi connectivity index (χ2n) is 4.86. The van der Waals surface area contributed by atoms with Gasteiger partial charge in [0.2, 0.25) is 0 Å². The third-order valence-corrected chi connectivity index (χ3v) is 5.67. The van der Waals surface area contributed by atoms with Crippen molar-refractivity contribution in [2.45, 2.75) is 0 Å². The Morgan fingerprint density at radius 2 is 0.957 bits per heavy atom. The summed E-state index contributed by atoms with van der Waals surface area (Å²) in [6.07, 6.45) is 0. The van der Waals surface area contributed by atoms with Gasteiger partial charge in [-0.2, -0.15) is 0 Å². The zero-order chi connectivity index (χ0) is 14.7. The van der Waals surface area contributed by atoms with Crippen LogP contribution in [0.15, 0.2) is 78.9 Å². The predicted octanol–water partition coefficient (Wildman–Crippen LogP) is 3.45. The van der Waals surface area contributed by atoms with E-state index in [9.17, 15) is 0 Å². The molecule has 0 amide bonds. The van der Waals surface area contributed by atoms with Gasteiger partial charge in [0.25, 0.3) is 0 Å². The Kier molecular flexibility index (Phi) is 7.38. The second-order valence-corrected chi connectivity index (χ2v) is 7.08. The number of nitrogen functional groups attached to an aromatic ring is 2. The molecule has 5 heteroatoms. The smallest absolute Gasteiger partial charge is 0.0320 e. The standard InChI is InChI=1S/C18H17N2P.2ClH/c19-14-6-4-10-17(12-14)21(16-8-2-1-3-9-16)18-11-5-7-15(20)13-18;;/h1-13H,19-20H2;2*1H. The lowest BCUT2D eigenvalue weighted by Gasteiger charge is -2.20. The molecule has 0 fully saturated rings. The summed E-state index contributed by atoms with van der Waals surface area (Å²) in [6.45, 7) is 0. The van der Waals surface area contributed by atoms with Crippen molar-refractivity contribution >= 4 is 60.0 Å². The maximum atomic E-state index is 5.97. The van der Waals surface area contributed by atoms with Crippen LogP contribution in [0.25, 0.3) is 0 Å². The van der Waals surface area contributed by atoms with Gasteiger partial charge in [0, 0.05) is 11.4 Å². The summed E-state index contributed by atoms with van der Waals surface area (Å²) >= 11 is 0. The van der Waals surface area contributed by atoms with Gasteiger partial charge in [-0.25, -0.2) is 0 Å². The number of halogens is 2. The van der Waals surface area contributed by atoms with E-state index >= 15 is 0 Å². The minimum atomic E-state index is -0.638. The number of hydrogen-bond acceptors (Lipinski definition) is 2. The fraction of sp³-hybridized carbons (Fsp3) is 0. The molecule has 0 spiro atoms. The Balaban J connectivity index is 0.00000132. The van der Waals surface area contributed by atoms with Crippen molar-refractivity contribution in [2.75, 3.05) is 11.5 Å². The Morgan fingerprint density at radius 3 is 1.39 bits per heavy atom. The van der Waals surface area contributed by atoms with E-state index in [4.69, 9.17) is 11.5 Å². The topological polar surface area (TPSA) is 52.0 Å². The molecule has 0 radical (unpaired) electrons. The third kappa shape index (κ3) is 4.62. The Hall–Kier alpha value is -1.73. The van der Waals surface area contributed by atoms with Crippen LogP contribution in [-0.4, -0.2) is 0 Å². The summed E-state index contributed by atoms with van der Waals surface area (Å²) in [7, 11) is -0.638. The Morgan fingerprint density at radius 1 is 0.522 bits per heavy atom. The first-order chi connectivity index (χ1) is 10.2. The number of hydrogen-bond donors (Lipinski definition) is 2. The van der Waals surface area contributed by atoms with Gasteiger partial charge in [0.15, 0.2) is 0 Å². The quantitative estimate of drug-likeness (QED) is 0.552. The van der Waals surface area contributed by atoms with Crippen molar-refractivity contribution < 1.29 is 0 Å². The lowest BCUT2D eigenvalue weighted by molar-refractivity contribution is 1.71. The third-order valence-electron chi connectivity index (χ3n) is 3.27. The fourth-order valence-electron chi connectivity index (χ4n) is 2.35. The minimum Gasteiger partial charge on any atom is -0.399 e. The first kappa shape index (κ1) is 19.3. The summed E-state index contributed by atoms with van der Waals surface area (Å²) < 4.78 is 0. The minimum absolute atomic E-state index is 0. The van der Waals surface area contributed by atoms with Gasteiger partial charge in [-0.05, 0) is 48.1 Å². The largest absolute Gasteiger partial charge is 0.399 e. The van der Waals surface area contributed by atoms with Crippen LogP contribution >= 0.6 is 32.7 Å². The summed E-state index contributed by atoms with van der Waals surface area (Å²) in [6, 6.07) is 26.8. The van der Waals surface area contributed by atoms with E-state index < -0.39 is 7.92 Å². The Labute approximate surface area is 150 Å². The van der Waals surface area contributed by atoms with Gasteiger partial charge in [0.1, 0.15) is 0 Å². The van der Waals surface area contributed by atoms with Crippen LogP contribution in [0, 0.1) is 0 Å². The molecule has 3 aromatic rings. The van der Waals surface area contributed by atoms with Crippen molar-refractivity contribution in [1.29, 1.82) is 0 Å². The molecule has 0 aliphatic carbocycles. The highest BCUT2D eigenvalue weighted by molar-refractivity contribution is 7.79. The molecule has 2 nitrogen and oxygen atoms in total. The molecule has 0 saturated heterocycles. The number of benzene rings is 3. The van der Waals surface area contributed by atoms with Gasteiger partial charge in [-0.3, -0.25) is 0 Å². The van der Waals surface area contributed by atoms with Gasteiger partial charge in [0.05, 0.1) is 0 Å². The zero-order valence-electron chi connectivity index (χ0n) is 12.4.